The van der Waals surface area contributed by atoms with E-state index in [1.165, 1.54) is 9.36 Å². The molecular formula is C34H27BrN4O4. The van der Waals surface area contributed by atoms with E-state index in [-0.39, 0.29) is 11.1 Å². The molecule has 43 heavy (non-hydrogen) atoms. The number of benzene rings is 4. The van der Waals surface area contributed by atoms with Gasteiger partial charge in [0, 0.05) is 21.8 Å². The van der Waals surface area contributed by atoms with Gasteiger partial charge in [0.1, 0.15) is 5.75 Å². The second-order valence-electron chi connectivity index (χ2n) is 10.1. The zero-order valence-corrected chi connectivity index (χ0v) is 25.0. The number of para-hydroxylation sites is 2. The summed E-state index contributed by atoms with van der Waals surface area (Å²) in [5, 5.41) is 6.40. The third-order valence-corrected chi connectivity index (χ3v) is 8.05. The number of rotatable bonds is 7. The molecule has 0 spiro atoms. The number of hydrogen-bond donors (Lipinski definition) is 2. The number of aromatic amines is 2. The molecule has 8 nitrogen and oxygen atoms in total. The summed E-state index contributed by atoms with van der Waals surface area (Å²) in [6, 6.07) is 32.5. The normalized spacial score (nSPS) is 11.2. The van der Waals surface area contributed by atoms with Gasteiger partial charge in [-0.2, -0.15) is 0 Å². The summed E-state index contributed by atoms with van der Waals surface area (Å²) in [6.45, 7) is 3.66. The van der Waals surface area contributed by atoms with Crippen LogP contribution < -0.4 is 15.9 Å². The minimum absolute atomic E-state index is 0.260. The maximum absolute atomic E-state index is 14.0. The largest absolute Gasteiger partial charge is 0.423 e. The first-order valence-electron chi connectivity index (χ1n) is 13.6. The highest BCUT2D eigenvalue weighted by Crippen LogP contribution is 2.33. The lowest BCUT2D eigenvalue weighted by Gasteiger charge is -2.16. The molecule has 0 fully saturated rings. The molecule has 4 aromatic carbocycles. The van der Waals surface area contributed by atoms with E-state index in [1.807, 2.05) is 80.6 Å². The molecule has 0 saturated heterocycles. The van der Waals surface area contributed by atoms with Crippen LogP contribution in [0, 0.1) is 13.8 Å². The van der Waals surface area contributed by atoms with Gasteiger partial charge in [0.25, 0.3) is 11.1 Å². The van der Waals surface area contributed by atoms with Crippen LogP contribution in [0.25, 0.3) is 11.4 Å². The van der Waals surface area contributed by atoms with Crippen LogP contribution in [0.2, 0.25) is 0 Å². The van der Waals surface area contributed by atoms with Crippen LogP contribution in [-0.2, 0) is 0 Å². The molecule has 0 aliphatic rings. The molecule has 0 amide bonds. The van der Waals surface area contributed by atoms with E-state index < -0.39 is 11.9 Å². The minimum Gasteiger partial charge on any atom is -0.423 e. The fourth-order valence-corrected chi connectivity index (χ4v) is 5.76. The van der Waals surface area contributed by atoms with Crippen molar-refractivity contribution >= 4 is 21.9 Å². The van der Waals surface area contributed by atoms with Crippen molar-refractivity contribution in [3.05, 3.63) is 168 Å². The Morgan fingerprint density at radius 2 is 1.14 bits per heavy atom. The molecule has 0 radical (unpaired) electrons. The highest BCUT2D eigenvalue weighted by Gasteiger charge is 2.31. The number of ether oxygens (including phenoxy) is 1. The number of hydrogen-bond acceptors (Lipinski definition) is 4. The maximum atomic E-state index is 14.0. The Hall–Kier alpha value is -5.15. The second-order valence-corrected chi connectivity index (χ2v) is 11.0. The van der Waals surface area contributed by atoms with E-state index in [4.69, 9.17) is 4.74 Å². The first-order chi connectivity index (χ1) is 20.8. The summed E-state index contributed by atoms with van der Waals surface area (Å²) in [5.41, 5.74) is 4.10. The standard InChI is InChI=1S/C34H27BrN4O4/c1-21-29(32(40)38(36-21)24-11-5-3-6-12-24)31(30-22(2)37-39(33(30)41)25-13-7-4-8-14-25)23-17-19-26(20-18-23)43-34(42)27-15-9-10-16-28(27)35/h3-20,31,36-37H,1-2H3. The van der Waals surface area contributed by atoms with Crippen molar-refractivity contribution in [2.75, 3.05) is 0 Å². The van der Waals surface area contributed by atoms with Gasteiger partial charge in [-0.15, -0.1) is 0 Å². The van der Waals surface area contributed by atoms with E-state index in [0.29, 0.717) is 55.2 Å². The Labute approximate surface area is 255 Å². The third kappa shape index (κ3) is 5.30. The van der Waals surface area contributed by atoms with Crippen LogP contribution >= 0.6 is 15.9 Å². The third-order valence-electron chi connectivity index (χ3n) is 7.36. The fourth-order valence-electron chi connectivity index (χ4n) is 5.31. The van der Waals surface area contributed by atoms with Crippen molar-refractivity contribution in [2.45, 2.75) is 19.8 Å². The van der Waals surface area contributed by atoms with Crippen molar-refractivity contribution in [2.24, 2.45) is 0 Å². The molecule has 0 aliphatic carbocycles. The molecule has 0 unspecified atom stereocenters. The average Bonchev–Trinajstić information content (AvgIpc) is 3.49. The first kappa shape index (κ1) is 28.0. The van der Waals surface area contributed by atoms with Gasteiger partial charge in [-0.25, -0.2) is 14.2 Å². The fraction of sp³-hybridized carbons (Fsp3) is 0.0882. The molecule has 0 bridgehead atoms. The van der Waals surface area contributed by atoms with Gasteiger partial charge in [0.15, 0.2) is 0 Å². The summed E-state index contributed by atoms with van der Waals surface area (Å²) < 4.78 is 9.24. The molecule has 9 heteroatoms. The van der Waals surface area contributed by atoms with Gasteiger partial charge in [-0.05, 0) is 83.9 Å². The molecule has 0 saturated carbocycles. The van der Waals surface area contributed by atoms with Crippen LogP contribution in [0.5, 0.6) is 5.75 Å². The van der Waals surface area contributed by atoms with E-state index in [0.717, 1.165) is 0 Å². The van der Waals surface area contributed by atoms with Crippen molar-refractivity contribution in [3.8, 4) is 17.1 Å². The smallest absolute Gasteiger partial charge is 0.344 e. The highest BCUT2D eigenvalue weighted by atomic mass is 79.9. The number of nitrogens with one attached hydrogen (secondary N) is 2. The molecule has 0 atom stereocenters. The van der Waals surface area contributed by atoms with Gasteiger partial charge in [-0.1, -0.05) is 60.7 Å². The number of nitrogens with zero attached hydrogens (tertiary/aromatic N) is 2. The lowest BCUT2D eigenvalue weighted by molar-refractivity contribution is 0.0733. The lowest BCUT2D eigenvalue weighted by Crippen LogP contribution is -2.25. The Morgan fingerprint density at radius 3 is 1.63 bits per heavy atom. The molecule has 2 heterocycles. The Bertz CT molecular complexity index is 1940. The highest BCUT2D eigenvalue weighted by molar-refractivity contribution is 9.10. The summed E-state index contributed by atoms with van der Waals surface area (Å²) in [6.07, 6.45) is 0. The number of aromatic nitrogens is 4. The topological polar surface area (TPSA) is 102 Å². The average molecular weight is 636 g/mol. The number of esters is 1. The summed E-state index contributed by atoms with van der Waals surface area (Å²) in [4.78, 5) is 40.8. The predicted octanol–water partition coefficient (Wildman–Crippen LogP) is 6.42. The van der Waals surface area contributed by atoms with Gasteiger partial charge in [0.2, 0.25) is 0 Å². The van der Waals surface area contributed by atoms with Gasteiger partial charge in [0.05, 0.1) is 28.1 Å². The zero-order chi connectivity index (χ0) is 30.1. The summed E-state index contributed by atoms with van der Waals surface area (Å²) in [5.74, 6) is -0.880. The number of H-pyrrole nitrogens is 2. The predicted molar refractivity (Wildman–Crippen MR) is 169 cm³/mol. The summed E-state index contributed by atoms with van der Waals surface area (Å²) >= 11 is 3.39. The number of carbonyl (C=O) groups is 1. The molecule has 2 N–H and O–H groups in total. The molecule has 6 aromatic rings. The maximum Gasteiger partial charge on any atom is 0.344 e. The number of carbonyl (C=O) groups excluding carboxylic acids is 1. The van der Waals surface area contributed by atoms with Crippen LogP contribution in [0.4, 0.5) is 0 Å². The van der Waals surface area contributed by atoms with E-state index in [9.17, 15) is 14.4 Å². The van der Waals surface area contributed by atoms with Gasteiger partial charge >= 0.3 is 5.97 Å². The molecule has 6 rings (SSSR count). The van der Waals surface area contributed by atoms with E-state index >= 15 is 0 Å². The SMILES string of the molecule is Cc1[nH]n(-c2ccccc2)c(=O)c1C(c1ccc(OC(=O)c2ccccc2Br)cc1)c1c(C)[nH]n(-c2ccccc2)c1=O. The van der Waals surface area contributed by atoms with Gasteiger partial charge < -0.3 is 4.74 Å². The van der Waals surface area contributed by atoms with Crippen LogP contribution in [0.1, 0.15) is 44.4 Å². The van der Waals surface area contributed by atoms with Gasteiger partial charge in [-0.3, -0.25) is 19.8 Å². The zero-order valence-electron chi connectivity index (χ0n) is 23.4. The minimum atomic E-state index is -0.713. The first-order valence-corrected chi connectivity index (χ1v) is 14.4. The van der Waals surface area contributed by atoms with Crippen molar-refractivity contribution in [1.82, 2.24) is 19.6 Å². The molecule has 2 aromatic heterocycles. The van der Waals surface area contributed by atoms with Crippen LogP contribution in [-0.4, -0.2) is 25.5 Å². The van der Waals surface area contributed by atoms with Crippen molar-refractivity contribution < 1.29 is 9.53 Å². The van der Waals surface area contributed by atoms with Crippen LogP contribution in [0.3, 0.4) is 0 Å². The Morgan fingerprint density at radius 1 is 0.674 bits per heavy atom. The number of aryl methyl sites for hydroxylation is 2. The van der Waals surface area contributed by atoms with Crippen molar-refractivity contribution in [3.63, 3.8) is 0 Å². The Balaban J connectivity index is 1.47. The molecule has 0 aliphatic heterocycles. The van der Waals surface area contributed by atoms with E-state index in [1.54, 1.807) is 42.5 Å². The van der Waals surface area contributed by atoms with E-state index in [2.05, 4.69) is 26.1 Å². The second kappa shape index (κ2) is 11.6. The van der Waals surface area contributed by atoms with Crippen LogP contribution in [0.15, 0.2) is 123 Å². The molecular weight excluding hydrogens is 608 g/mol. The number of halogens is 1. The molecule has 214 valence electrons. The van der Waals surface area contributed by atoms with Crippen molar-refractivity contribution in [1.29, 1.82) is 0 Å². The quantitative estimate of drug-likeness (QED) is 0.156. The monoisotopic (exact) mass is 634 g/mol. The Kier molecular flexibility index (Phi) is 7.56. The lowest BCUT2D eigenvalue weighted by atomic mass is 9.85. The summed E-state index contributed by atoms with van der Waals surface area (Å²) in [7, 11) is 0.